The van der Waals surface area contributed by atoms with Gasteiger partial charge in [-0.1, -0.05) is 36.4 Å². The Kier molecular flexibility index (Phi) is 4.50. The third kappa shape index (κ3) is 3.48. The van der Waals surface area contributed by atoms with Crippen LogP contribution in [0.4, 0.5) is 4.79 Å². The summed E-state index contributed by atoms with van der Waals surface area (Å²) in [5, 5.41) is 5.74. The Balaban J connectivity index is 1.51. The van der Waals surface area contributed by atoms with Gasteiger partial charge in [-0.25, -0.2) is 9.79 Å². The number of benzene rings is 2. The van der Waals surface area contributed by atoms with E-state index in [0.717, 1.165) is 11.1 Å². The number of ether oxygens (including phenoxy) is 2. The highest BCUT2D eigenvalue weighted by Crippen LogP contribution is 2.32. The van der Waals surface area contributed by atoms with E-state index in [1.165, 1.54) is 0 Å². The number of hydrogen-bond donors (Lipinski definition) is 2. The molecular formula is C20H19N3O4. The summed E-state index contributed by atoms with van der Waals surface area (Å²) in [5.41, 5.74) is 2.26. The number of amides is 3. The summed E-state index contributed by atoms with van der Waals surface area (Å²) < 4.78 is 10.7. The molecule has 0 saturated heterocycles. The summed E-state index contributed by atoms with van der Waals surface area (Å²) in [6.45, 7) is 2.26. The van der Waals surface area contributed by atoms with E-state index in [1.54, 1.807) is 6.92 Å². The topological polar surface area (TPSA) is 89.0 Å². The van der Waals surface area contributed by atoms with Crippen LogP contribution in [0.5, 0.6) is 11.5 Å². The minimum absolute atomic E-state index is 0.192. The summed E-state index contributed by atoms with van der Waals surface area (Å²) >= 11 is 0. The van der Waals surface area contributed by atoms with Crippen LogP contribution in [0.25, 0.3) is 0 Å². The van der Waals surface area contributed by atoms with Crippen LogP contribution in [0, 0.1) is 5.92 Å². The van der Waals surface area contributed by atoms with Gasteiger partial charge >= 0.3 is 6.03 Å². The number of nitrogens with one attached hydrogen (secondary N) is 2. The van der Waals surface area contributed by atoms with Crippen LogP contribution < -0.4 is 20.1 Å². The number of carbonyl (C=O) groups excluding carboxylic acids is 2. The molecule has 138 valence electrons. The van der Waals surface area contributed by atoms with E-state index >= 15 is 0 Å². The molecule has 2 aromatic rings. The Morgan fingerprint density at radius 1 is 1.19 bits per heavy atom. The van der Waals surface area contributed by atoms with Gasteiger partial charge < -0.3 is 20.1 Å². The highest BCUT2D eigenvalue weighted by atomic mass is 16.7. The Hall–Kier alpha value is -3.35. The zero-order valence-electron chi connectivity index (χ0n) is 14.8. The first kappa shape index (κ1) is 17.1. The minimum atomic E-state index is -0.570. The largest absolute Gasteiger partial charge is 0.454 e. The molecule has 0 aromatic heterocycles. The van der Waals surface area contributed by atoms with Crippen LogP contribution in [0.3, 0.4) is 0 Å². The predicted octanol–water partition coefficient (Wildman–Crippen LogP) is 2.57. The van der Waals surface area contributed by atoms with Crippen LogP contribution >= 0.6 is 0 Å². The Bertz CT molecular complexity index is 911. The minimum Gasteiger partial charge on any atom is -0.454 e. The van der Waals surface area contributed by atoms with Gasteiger partial charge in [-0.15, -0.1) is 0 Å². The highest BCUT2D eigenvalue weighted by molar-refractivity contribution is 6.09. The van der Waals surface area contributed by atoms with Gasteiger partial charge in [-0.05, 0) is 30.2 Å². The van der Waals surface area contributed by atoms with Gasteiger partial charge in [0, 0.05) is 12.3 Å². The fourth-order valence-electron chi connectivity index (χ4n) is 3.35. The first-order valence-corrected chi connectivity index (χ1v) is 8.68. The van der Waals surface area contributed by atoms with Crippen molar-refractivity contribution in [3.63, 3.8) is 0 Å². The predicted molar refractivity (Wildman–Crippen MR) is 98.7 cm³/mol. The van der Waals surface area contributed by atoms with Crippen molar-refractivity contribution < 1.29 is 19.1 Å². The van der Waals surface area contributed by atoms with Gasteiger partial charge in [0.1, 0.15) is 5.92 Å². The summed E-state index contributed by atoms with van der Waals surface area (Å²) in [7, 11) is 0. The summed E-state index contributed by atoms with van der Waals surface area (Å²) in [5.74, 6) is 0.612. The van der Waals surface area contributed by atoms with E-state index in [0.29, 0.717) is 23.8 Å². The number of carbonyl (C=O) groups is 2. The Morgan fingerprint density at radius 2 is 1.96 bits per heavy atom. The van der Waals surface area contributed by atoms with E-state index in [-0.39, 0.29) is 12.7 Å². The molecule has 2 aliphatic rings. The average molecular weight is 365 g/mol. The van der Waals surface area contributed by atoms with Crippen LogP contribution in [0.1, 0.15) is 24.1 Å². The van der Waals surface area contributed by atoms with Crippen molar-refractivity contribution in [2.75, 3.05) is 6.79 Å². The zero-order valence-corrected chi connectivity index (χ0v) is 14.8. The quantitative estimate of drug-likeness (QED) is 0.872. The molecule has 0 radical (unpaired) electrons. The van der Waals surface area contributed by atoms with Gasteiger partial charge in [0.25, 0.3) is 0 Å². The molecule has 2 aromatic carbocycles. The SMILES string of the molecule is CC1=NC(=O)NC(c2ccccc2)C1C(=O)NCc1ccc2c(c1)OCO2. The van der Waals surface area contributed by atoms with E-state index in [4.69, 9.17) is 9.47 Å². The van der Waals surface area contributed by atoms with E-state index in [9.17, 15) is 9.59 Å². The molecule has 0 aliphatic carbocycles. The lowest BCUT2D eigenvalue weighted by molar-refractivity contribution is -0.123. The van der Waals surface area contributed by atoms with Crippen molar-refractivity contribution in [3.8, 4) is 11.5 Å². The van der Waals surface area contributed by atoms with Gasteiger partial charge in [0.05, 0.1) is 6.04 Å². The maximum atomic E-state index is 12.9. The maximum absolute atomic E-state index is 12.9. The van der Waals surface area contributed by atoms with Crippen molar-refractivity contribution >= 4 is 17.6 Å². The molecule has 2 N–H and O–H groups in total. The number of urea groups is 1. The Morgan fingerprint density at radius 3 is 2.78 bits per heavy atom. The Labute approximate surface area is 156 Å². The van der Waals surface area contributed by atoms with Crippen LogP contribution in [0.15, 0.2) is 53.5 Å². The molecular weight excluding hydrogens is 346 g/mol. The lowest BCUT2D eigenvalue weighted by Gasteiger charge is -2.30. The molecule has 0 fully saturated rings. The fourth-order valence-corrected chi connectivity index (χ4v) is 3.35. The lowest BCUT2D eigenvalue weighted by Crippen LogP contribution is -2.47. The first-order valence-electron chi connectivity index (χ1n) is 8.68. The molecule has 27 heavy (non-hydrogen) atoms. The third-order valence-corrected chi connectivity index (χ3v) is 4.69. The van der Waals surface area contributed by atoms with Crippen molar-refractivity contribution in [1.29, 1.82) is 0 Å². The molecule has 2 unspecified atom stereocenters. The molecule has 2 heterocycles. The molecule has 2 aliphatic heterocycles. The van der Waals surface area contributed by atoms with Gasteiger partial charge in [-0.3, -0.25) is 4.79 Å². The van der Waals surface area contributed by atoms with Crippen molar-refractivity contribution in [1.82, 2.24) is 10.6 Å². The van der Waals surface area contributed by atoms with Crippen LogP contribution in [0.2, 0.25) is 0 Å². The second kappa shape index (κ2) is 7.11. The molecule has 0 saturated carbocycles. The van der Waals surface area contributed by atoms with Crippen molar-refractivity contribution in [2.24, 2.45) is 10.9 Å². The normalized spacial score (nSPS) is 20.6. The number of rotatable bonds is 4. The van der Waals surface area contributed by atoms with Crippen LogP contribution in [-0.2, 0) is 11.3 Å². The average Bonchev–Trinajstić information content (AvgIpc) is 3.14. The van der Waals surface area contributed by atoms with Crippen molar-refractivity contribution in [2.45, 2.75) is 19.5 Å². The van der Waals surface area contributed by atoms with Crippen molar-refractivity contribution in [3.05, 3.63) is 59.7 Å². The maximum Gasteiger partial charge on any atom is 0.341 e. The second-order valence-electron chi connectivity index (χ2n) is 6.47. The smallest absolute Gasteiger partial charge is 0.341 e. The molecule has 7 heteroatoms. The van der Waals surface area contributed by atoms with Gasteiger partial charge in [-0.2, -0.15) is 0 Å². The van der Waals surface area contributed by atoms with Crippen LogP contribution in [-0.4, -0.2) is 24.4 Å². The van der Waals surface area contributed by atoms with Gasteiger partial charge in [0.2, 0.25) is 12.7 Å². The fraction of sp³-hybridized carbons (Fsp3) is 0.250. The number of fused-ring (bicyclic) bond motifs is 1. The third-order valence-electron chi connectivity index (χ3n) is 4.69. The standard InChI is InChI=1S/C20H19N3O4/c1-12-17(18(23-20(25)22-12)14-5-3-2-4-6-14)19(24)21-10-13-7-8-15-16(9-13)27-11-26-15/h2-9,17-18H,10-11H2,1H3,(H,21,24)(H,23,25). The summed E-state index contributed by atoms with van der Waals surface area (Å²) in [6.07, 6.45) is 0. The number of nitrogens with zero attached hydrogens (tertiary/aromatic N) is 1. The van der Waals surface area contributed by atoms with E-state index < -0.39 is 18.0 Å². The molecule has 2 atom stereocenters. The lowest BCUT2D eigenvalue weighted by atomic mass is 9.87. The first-order chi connectivity index (χ1) is 13.1. The molecule has 0 spiro atoms. The summed E-state index contributed by atoms with van der Waals surface area (Å²) in [4.78, 5) is 28.7. The van der Waals surface area contributed by atoms with E-state index in [2.05, 4.69) is 15.6 Å². The highest BCUT2D eigenvalue weighted by Gasteiger charge is 2.36. The number of aliphatic imine (C=N–C) groups is 1. The zero-order chi connectivity index (χ0) is 18.8. The number of hydrogen-bond acceptors (Lipinski definition) is 4. The van der Waals surface area contributed by atoms with Gasteiger partial charge in [0.15, 0.2) is 11.5 Å². The summed E-state index contributed by atoms with van der Waals surface area (Å²) in [6, 6.07) is 14.1. The molecule has 7 nitrogen and oxygen atoms in total. The van der Waals surface area contributed by atoms with E-state index in [1.807, 2.05) is 48.5 Å². The molecule has 0 bridgehead atoms. The second-order valence-corrected chi connectivity index (χ2v) is 6.47. The monoisotopic (exact) mass is 365 g/mol. The molecule has 3 amide bonds. The molecule has 4 rings (SSSR count).